The molecule has 1 aliphatic rings. The predicted octanol–water partition coefficient (Wildman–Crippen LogP) is 4.12. The van der Waals surface area contributed by atoms with Crippen molar-refractivity contribution >= 4 is 23.0 Å². The first-order valence-corrected chi connectivity index (χ1v) is 7.37. The van der Waals surface area contributed by atoms with E-state index >= 15 is 0 Å². The molecule has 20 heavy (non-hydrogen) atoms. The van der Waals surface area contributed by atoms with Crippen LogP contribution in [0.3, 0.4) is 0 Å². The maximum absolute atomic E-state index is 6.10. The summed E-state index contributed by atoms with van der Waals surface area (Å²) in [5.41, 5.74) is 10.5. The second kappa shape index (κ2) is 5.37. The molecule has 1 atom stereocenters. The van der Waals surface area contributed by atoms with Gasteiger partial charge < -0.3 is 10.6 Å². The third-order valence-electron chi connectivity index (χ3n) is 3.79. The molecule has 3 heteroatoms. The number of nitrogen functional groups attached to an aromatic ring is 1. The highest BCUT2D eigenvalue weighted by atomic mass is 35.5. The molecule has 0 aliphatic carbocycles. The lowest BCUT2D eigenvalue weighted by Crippen LogP contribution is -2.33. The number of anilines is 2. The zero-order chi connectivity index (χ0) is 14.1. The number of nitrogens with two attached hydrogens (primary N) is 1. The molecule has 1 unspecified atom stereocenters. The number of hydrogen-bond donors (Lipinski definition) is 1. The Hall–Kier alpha value is -1.67. The zero-order valence-corrected chi connectivity index (χ0v) is 12.4. The van der Waals surface area contributed by atoms with Crippen molar-refractivity contribution in [3.05, 3.63) is 58.6 Å². The number of nitrogens with zero attached hydrogens (tertiary/aromatic N) is 1. The van der Waals surface area contributed by atoms with Crippen LogP contribution in [-0.4, -0.2) is 6.54 Å². The Bertz CT molecular complexity index is 604. The summed E-state index contributed by atoms with van der Waals surface area (Å²) in [5, 5.41) is 0.707. The fraction of sp³-hybridized carbons (Fsp3) is 0.294. The van der Waals surface area contributed by atoms with Crippen LogP contribution in [0.25, 0.3) is 0 Å². The third-order valence-corrected chi connectivity index (χ3v) is 4.00. The highest BCUT2D eigenvalue weighted by Gasteiger charge is 2.21. The number of rotatable bonds is 2. The van der Waals surface area contributed by atoms with Gasteiger partial charge >= 0.3 is 0 Å². The van der Waals surface area contributed by atoms with Gasteiger partial charge in [0.2, 0.25) is 0 Å². The van der Waals surface area contributed by atoms with E-state index < -0.39 is 0 Å². The maximum atomic E-state index is 6.10. The largest absolute Gasteiger partial charge is 0.399 e. The molecule has 0 bridgehead atoms. The van der Waals surface area contributed by atoms with Crippen molar-refractivity contribution in [2.45, 2.75) is 19.9 Å². The van der Waals surface area contributed by atoms with Gasteiger partial charge in [0, 0.05) is 29.5 Å². The Morgan fingerprint density at radius 1 is 1.25 bits per heavy atom. The minimum absolute atomic E-state index is 0.668. The van der Waals surface area contributed by atoms with E-state index in [0.717, 1.165) is 25.2 Å². The van der Waals surface area contributed by atoms with E-state index in [4.69, 9.17) is 17.3 Å². The molecule has 0 fully saturated rings. The minimum atomic E-state index is 0.668. The molecule has 0 spiro atoms. The van der Waals surface area contributed by atoms with E-state index in [1.165, 1.54) is 16.8 Å². The van der Waals surface area contributed by atoms with Gasteiger partial charge in [-0.05, 0) is 47.7 Å². The Kier molecular flexibility index (Phi) is 3.58. The highest BCUT2D eigenvalue weighted by Crippen LogP contribution is 2.31. The molecule has 0 aromatic heterocycles. The molecule has 104 valence electrons. The van der Waals surface area contributed by atoms with Gasteiger partial charge in [0.25, 0.3) is 0 Å². The van der Waals surface area contributed by atoms with Crippen LogP contribution in [0.1, 0.15) is 18.1 Å². The molecule has 0 saturated heterocycles. The molecule has 0 radical (unpaired) electrons. The smallest absolute Gasteiger partial charge is 0.0430 e. The first-order valence-electron chi connectivity index (χ1n) is 6.99. The summed E-state index contributed by atoms with van der Waals surface area (Å²) >= 11 is 6.10. The van der Waals surface area contributed by atoms with Gasteiger partial charge in [0.1, 0.15) is 0 Å². The molecule has 2 aromatic carbocycles. The minimum Gasteiger partial charge on any atom is -0.399 e. The van der Waals surface area contributed by atoms with Crippen molar-refractivity contribution in [2.24, 2.45) is 5.92 Å². The molecular formula is C17H19ClN2. The molecular weight excluding hydrogens is 268 g/mol. The standard InChI is InChI=1S/C17H19ClN2/c1-12-6-14-4-2-3-5-17(14)20(10-12)11-13-7-15(18)9-16(19)8-13/h2-5,7-9,12H,6,10-11,19H2,1H3. The number of fused-ring (bicyclic) bond motifs is 1. The fourth-order valence-corrected chi connectivity index (χ4v) is 3.31. The summed E-state index contributed by atoms with van der Waals surface area (Å²) in [6.07, 6.45) is 1.16. The van der Waals surface area contributed by atoms with Crippen molar-refractivity contribution < 1.29 is 0 Å². The maximum Gasteiger partial charge on any atom is 0.0430 e. The topological polar surface area (TPSA) is 29.3 Å². The first kappa shape index (κ1) is 13.3. The van der Waals surface area contributed by atoms with Crippen LogP contribution in [0.5, 0.6) is 0 Å². The lowest BCUT2D eigenvalue weighted by molar-refractivity contribution is 0.530. The van der Waals surface area contributed by atoms with Gasteiger partial charge in [0.15, 0.2) is 0 Å². The highest BCUT2D eigenvalue weighted by molar-refractivity contribution is 6.30. The van der Waals surface area contributed by atoms with Crippen LogP contribution in [0.2, 0.25) is 5.02 Å². The summed E-state index contributed by atoms with van der Waals surface area (Å²) in [7, 11) is 0. The van der Waals surface area contributed by atoms with Gasteiger partial charge in [-0.3, -0.25) is 0 Å². The molecule has 2 N–H and O–H groups in total. The first-order chi connectivity index (χ1) is 9.61. The number of para-hydroxylation sites is 1. The molecule has 2 nitrogen and oxygen atoms in total. The monoisotopic (exact) mass is 286 g/mol. The Balaban J connectivity index is 1.91. The van der Waals surface area contributed by atoms with Crippen molar-refractivity contribution in [1.82, 2.24) is 0 Å². The normalized spacial score (nSPS) is 17.9. The van der Waals surface area contributed by atoms with E-state index in [2.05, 4.69) is 36.1 Å². The molecule has 3 rings (SSSR count). The molecule has 1 heterocycles. The predicted molar refractivity (Wildman–Crippen MR) is 86.2 cm³/mol. The van der Waals surface area contributed by atoms with Crippen LogP contribution in [-0.2, 0) is 13.0 Å². The Morgan fingerprint density at radius 2 is 2.05 bits per heavy atom. The van der Waals surface area contributed by atoms with Crippen LogP contribution in [0, 0.1) is 5.92 Å². The summed E-state index contributed by atoms with van der Waals surface area (Å²) in [5.74, 6) is 0.668. The second-order valence-electron chi connectivity index (χ2n) is 5.71. The van der Waals surface area contributed by atoms with Crippen molar-refractivity contribution in [3.63, 3.8) is 0 Å². The summed E-state index contributed by atoms with van der Waals surface area (Å²) in [4.78, 5) is 2.43. The number of benzene rings is 2. The Labute approximate surface area is 125 Å². The summed E-state index contributed by atoms with van der Waals surface area (Å²) < 4.78 is 0. The van der Waals surface area contributed by atoms with Crippen LogP contribution < -0.4 is 10.6 Å². The van der Waals surface area contributed by atoms with E-state index in [-0.39, 0.29) is 0 Å². The van der Waals surface area contributed by atoms with Gasteiger partial charge in [-0.15, -0.1) is 0 Å². The fourth-order valence-electron chi connectivity index (χ4n) is 3.04. The number of hydrogen-bond acceptors (Lipinski definition) is 2. The average molecular weight is 287 g/mol. The van der Waals surface area contributed by atoms with E-state index in [9.17, 15) is 0 Å². The quantitative estimate of drug-likeness (QED) is 0.842. The van der Waals surface area contributed by atoms with Crippen LogP contribution >= 0.6 is 11.6 Å². The van der Waals surface area contributed by atoms with Gasteiger partial charge in [-0.1, -0.05) is 36.7 Å². The molecule has 0 amide bonds. The van der Waals surface area contributed by atoms with Gasteiger partial charge in [0.05, 0.1) is 0 Å². The summed E-state index contributed by atoms with van der Waals surface area (Å²) in [6.45, 7) is 4.23. The average Bonchev–Trinajstić information content (AvgIpc) is 2.37. The summed E-state index contributed by atoms with van der Waals surface area (Å²) in [6, 6.07) is 14.4. The third kappa shape index (κ3) is 2.75. The van der Waals surface area contributed by atoms with Crippen LogP contribution in [0.4, 0.5) is 11.4 Å². The van der Waals surface area contributed by atoms with Crippen molar-refractivity contribution in [2.75, 3.05) is 17.2 Å². The Morgan fingerprint density at radius 3 is 2.85 bits per heavy atom. The van der Waals surface area contributed by atoms with Crippen LogP contribution in [0.15, 0.2) is 42.5 Å². The van der Waals surface area contributed by atoms with E-state index in [0.29, 0.717) is 10.9 Å². The molecule has 2 aromatic rings. The van der Waals surface area contributed by atoms with E-state index in [1.54, 1.807) is 6.07 Å². The SMILES string of the molecule is CC1Cc2ccccc2N(Cc2cc(N)cc(Cl)c2)C1. The lowest BCUT2D eigenvalue weighted by atomic mass is 9.93. The molecule has 1 aliphatic heterocycles. The molecule has 0 saturated carbocycles. The number of halogens is 1. The zero-order valence-electron chi connectivity index (χ0n) is 11.6. The second-order valence-corrected chi connectivity index (χ2v) is 6.15. The van der Waals surface area contributed by atoms with Gasteiger partial charge in [-0.25, -0.2) is 0 Å². The lowest BCUT2D eigenvalue weighted by Gasteiger charge is -2.35. The van der Waals surface area contributed by atoms with E-state index in [1.807, 2.05) is 12.1 Å². The van der Waals surface area contributed by atoms with Gasteiger partial charge in [-0.2, -0.15) is 0 Å². The van der Waals surface area contributed by atoms with Crippen molar-refractivity contribution in [1.29, 1.82) is 0 Å². The van der Waals surface area contributed by atoms with Crippen molar-refractivity contribution in [3.8, 4) is 0 Å².